The smallest absolute Gasteiger partial charge is 0.308 e. The molecule has 0 aliphatic heterocycles. The van der Waals surface area contributed by atoms with Crippen LogP contribution in [0.25, 0.3) is 0 Å². The zero-order valence-corrected chi connectivity index (χ0v) is 9.97. The summed E-state index contributed by atoms with van der Waals surface area (Å²) >= 11 is 0. The number of carbonyl (C=O) groups is 1. The summed E-state index contributed by atoms with van der Waals surface area (Å²) < 4.78 is 9.70. The number of aliphatic hydroxyl groups is 1. The Bertz CT molecular complexity index is 404. The van der Waals surface area contributed by atoms with Crippen molar-refractivity contribution in [3.8, 4) is 5.75 Å². The van der Waals surface area contributed by atoms with Crippen LogP contribution in [0.5, 0.6) is 5.75 Å². The normalized spacial score (nSPS) is 27.1. The lowest BCUT2D eigenvalue weighted by atomic mass is 9.67. The number of hydrogen-bond acceptors (Lipinski definition) is 4. The fourth-order valence-corrected chi connectivity index (χ4v) is 2.23. The minimum Gasteiger partial charge on any atom is -0.497 e. The van der Waals surface area contributed by atoms with Gasteiger partial charge in [0.1, 0.15) is 5.75 Å². The lowest BCUT2D eigenvalue weighted by molar-refractivity contribution is -0.163. The van der Waals surface area contributed by atoms with Gasteiger partial charge in [0.2, 0.25) is 0 Å². The van der Waals surface area contributed by atoms with Crippen molar-refractivity contribution in [2.75, 3.05) is 14.2 Å². The fraction of sp³-hybridized carbons (Fsp3) is 0.462. The van der Waals surface area contributed by atoms with Crippen LogP contribution in [-0.2, 0) is 15.1 Å². The van der Waals surface area contributed by atoms with Crippen LogP contribution in [0, 0.1) is 5.92 Å². The molecule has 1 aromatic carbocycles. The highest BCUT2D eigenvalue weighted by molar-refractivity contribution is 5.74. The molecule has 0 amide bonds. The van der Waals surface area contributed by atoms with E-state index in [-0.39, 0.29) is 11.9 Å². The van der Waals surface area contributed by atoms with Crippen molar-refractivity contribution in [1.82, 2.24) is 0 Å². The minimum absolute atomic E-state index is 0.188. The molecule has 2 rings (SSSR count). The summed E-state index contributed by atoms with van der Waals surface area (Å²) in [6.45, 7) is 0. The number of esters is 1. The van der Waals surface area contributed by atoms with Gasteiger partial charge in [0.05, 0.1) is 25.7 Å². The van der Waals surface area contributed by atoms with Gasteiger partial charge in [-0.1, -0.05) is 12.1 Å². The van der Waals surface area contributed by atoms with Crippen molar-refractivity contribution in [2.24, 2.45) is 5.92 Å². The van der Waals surface area contributed by atoms with Crippen LogP contribution in [0.4, 0.5) is 0 Å². The summed E-state index contributed by atoms with van der Waals surface area (Å²) in [6, 6.07) is 7.26. The van der Waals surface area contributed by atoms with Crippen LogP contribution < -0.4 is 4.74 Å². The van der Waals surface area contributed by atoms with E-state index < -0.39 is 5.60 Å². The van der Waals surface area contributed by atoms with Gasteiger partial charge in [-0.2, -0.15) is 0 Å². The molecule has 0 atom stereocenters. The van der Waals surface area contributed by atoms with E-state index in [1.165, 1.54) is 7.11 Å². The molecule has 1 saturated carbocycles. The molecule has 4 heteroatoms. The standard InChI is InChI=1S/C13H16O4/c1-16-11-5-3-10(4-6-11)13(15)7-9(8-13)12(14)17-2/h3-6,9,15H,7-8H2,1-2H3. The van der Waals surface area contributed by atoms with Crippen LogP contribution >= 0.6 is 0 Å². The summed E-state index contributed by atoms with van der Waals surface area (Å²) in [5.74, 6) is 0.316. The maximum Gasteiger partial charge on any atom is 0.308 e. The van der Waals surface area contributed by atoms with E-state index >= 15 is 0 Å². The maximum absolute atomic E-state index is 11.3. The summed E-state index contributed by atoms with van der Waals surface area (Å²) in [6.07, 6.45) is 0.845. The van der Waals surface area contributed by atoms with Gasteiger partial charge in [0.15, 0.2) is 0 Å². The molecule has 0 heterocycles. The van der Waals surface area contributed by atoms with Crippen LogP contribution in [-0.4, -0.2) is 25.3 Å². The van der Waals surface area contributed by atoms with E-state index in [1.54, 1.807) is 19.2 Å². The van der Waals surface area contributed by atoms with E-state index in [0.29, 0.717) is 12.8 Å². The van der Waals surface area contributed by atoms with E-state index in [9.17, 15) is 9.90 Å². The highest BCUT2D eigenvalue weighted by Crippen LogP contribution is 2.46. The van der Waals surface area contributed by atoms with Crippen molar-refractivity contribution in [2.45, 2.75) is 18.4 Å². The number of carbonyl (C=O) groups excluding carboxylic acids is 1. The Kier molecular flexibility index (Phi) is 3.07. The lowest BCUT2D eigenvalue weighted by Gasteiger charge is -2.42. The van der Waals surface area contributed by atoms with Crippen LogP contribution in [0.1, 0.15) is 18.4 Å². The van der Waals surface area contributed by atoms with E-state index in [1.807, 2.05) is 12.1 Å². The van der Waals surface area contributed by atoms with Gasteiger partial charge in [0.25, 0.3) is 0 Å². The van der Waals surface area contributed by atoms with Gasteiger partial charge in [-0.05, 0) is 30.5 Å². The van der Waals surface area contributed by atoms with Gasteiger partial charge in [-0.3, -0.25) is 4.79 Å². The van der Waals surface area contributed by atoms with E-state index in [0.717, 1.165) is 11.3 Å². The minimum atomic E-state index is -0.898. The van der Waals surface area contributed by atoms with Gasteiger partial charge < -0.3 is 14.6 Å². The molecular formula is C13H16O4. The summed E-state index contributed by atoms with van der Waals surface area (Å²) in [5, 5.41) is 10.3. The second-order valence-corrected chi connectivity index (χ2v) is 4.39. The van der Waals surface area contributed by atoms with Gasteiger partial charge >= 0.3 is 5.97 Å². The summed E-state index contributed by atoms with van der Waals surface area (Å²) in [5.41, 5.74) is -0.0797. The SMILES string of the molecule is COC(=O)C1CC(O)(c2ccc(OC)cc2)C1. The van der Waals surface area contributed by atoms with Crippen molar-refractivity contribution in [3.63, 3.8) is 0 Å². The van der Waals surface area contributed by atoms with E-state index in [2.05, 4.69) is 4.74 Å². The first kappa shape index (κ1) is 11.9. The molecule has 17 heavy (non-hydrogen) atoms. The molecule has 0 spiro atoms. The Labute approximate surface area is 100 Å². The monoisotopic (exact) mass is 236 g/mol. The highest BCUT2D eigenvalue weighted by atomic mass is 16.5. The Morgan fingerprint density at radius 1 is 1.29 bits per heavy atom. The Balaban J connectivity index is 2.06. The largest absolute Gasteiger partial charge is 0.497 e. The quantitative estimate of drug-likeness (QED) is 0.807. The second-order valence-electron chi connectivity index (χ2n) is 4.39. The van der Waals surface area contributed by atoms with Crippen LogP contribution in [0.3, 0.4) is 0 Å². The third-order valence-electron chi connectivity index (χ3n) is 3.33. The summed E-state index contributed by atoms with van der Waals surface area (Å²) in [4.78, 5) is 11.3. The third kappa shape index (κ3) is 2.13. The van der Waals surface area contributed by atoms with Crippen molar-refractivity contribution in [3.05, 3.63) is 29.8 Å². The maximum atomic E-state index is 11.3. The highest BCUT2D eigenvalue weighted by Gasteiger charge is 2.47. The molecule has 0 saturated heterocycles. The van der Waals surface area contributed by atoms with Gasteiger partial charge in [-0.25, -0.2) is 0 Å². The topological polar surface area (TPSA) is 55.8 Å². The Hall–Kier alpha value is -1.55. The molecule has 0 unspecified atom stereocenters. The van der Waals surface area contributed by atoms with Crippen molar-refractivity contribution < 1.29 is 19.4 Å². The average Bonchev–Trinajstić information content (AvgIpc) is 2.34. The lowest BCUT2D eigenvalue weighted by Crippen LogP contribution is -2.44. The van der Waals surface area contributed by atoms with E-state index in [4.69, 9.17) is 4.74 Å². The van der Waals surface area contributed by atoms with Gasteiger partial charge in [-0.15, -0.1) is 0 Å². The zero-order valence-electron chi connectivity index (χ0n) is 9.97. The fourth-order valence-electron chi connectivity index (χ4n) is 2.23. The Morgan fingerprint density at radius 2 is 1.88 bits per heavy atom. The molecule has 0 bridgehead atoms. The molecule has 0 aromatic heterocycles. The van der Waals surface area contributed by atoms with Crippen LogP contribution in [0.15, 0.2) is 24.3 Å². The molecule has 1 aromatic rings. The number of ether oxygens (including phenoxy) is 2. The molecule has 1 N–H and O–H groups in total. The first-order valence-electron chi connectivity index (χ1n) is 5.54. The number of benzene rings is 1. The number of rotatable bonds is 3. The predicted molar refractivity (Wildman–Crippen MR) is 61.6 cm³/mol. The predicted octanol–water partition coefficient (Wildman–Crippen LogP) is 1.47. The number of methoxy groups -OCH3 is 2. The zero-order chi connectivity index (χ0) is 12.5. The first-order valence-corrected chi connectivity index (χ1v) is 5.54. The van der Waals surface area contributed by atoms with Crippen molar-refractivity contribution >= 4 is 5.97 Å². The molecule has 1 aliphatic rings. The second kappa shape index (κ2) is 4.37. The molecular weight excluding hydrogens is 220 g/mol. The molecule has 1 aliphatic carbocycles. The first-order chi connectivity index (χ1) is 8.09. The van der Waals surface area contributed by atoms with Gasteiger partial charge in [0, 0.05) is 0 Å². The van der Waals surface area contributed by atoms with Crippen molar-refractivity contribution in [1.29, 1.82) is 0 Å². The Morgan fingerprint density at radius 3 is 2.35 bits per heavy atom. The molecule has 0 radical (unpaired) electrons. The third-order valence-corrected chi connectivity index (χ3v) is 3.33. The average molecular weight is 236 g/mol. The summed E-state index contributed by atoms with van der Waals surface area (Å²) in [7, 11) is 2.97. The van der Waals surface area contributed by atoms with Crippen LogP contribution in [0.2, 0.25) is 0 Å². The number of hydrogen-bond donors (Lipinski definition) is 1. The molecule has 92 valence electrons. The molecule has 4 nitrogen and oxygen atoms in total. The molecule has 1 fully saturated rings.